The molecule has 0 aliphatic rings. The molecule has 0 fully saturated rings. The normalized spacial score (nSPS) is 11.8. The van der Waals surface area contributed by atoms with Gasteiger partial charge >= 0.3 is 0 Å². The molecule has 1 amide bonds. The molecule has 1 N–H and O–H groups in total. The lowest BCUT2D eigenvalue weighted by Gasteiger charge is -2.19. The lowest BCUT2D eigenvalue weighted by Crippen LogP contribution is -2.29. The highest BCUT2D eigenvalue weighted by Gasteiger charge is 2.21. The van der Waals surface area contributed by atoms with Gasteiger partial charge in [-0.1, -0.05) is 31.9 Å². The summed E-state index contributed by atoms with van der Waals surface area (Å²) in [7, 11) is 1.42. The minimum Gasteiger partial charge on any atom is -0.496 e. The number of nitrogens with zero attached hydrogens (tertiary/aromatic N) is 1. The molecule has 1 atom stereocenters. The zero-order valence-electron chi connectivity index (χ0n) is 13.4. The molecular formula is C18H21FN2O2. The summed E-state index contributed by atoms with van der Waals surface area (Å²) in [6.07, 6.45) is 6.13. The molecule has 0 unspecified atom stereocenters. The summed E-state index contributed by atoms with van der Waals surface area (Å²) in [5.74, 6) is -0.852. The summed E-state index contributed by atoms with van der Waals surface area (Å²) in [6.45, 7) is 2.09. The first-order valence-corrected chi connectivity index (χ1v) is 7.70. The maximum Gasteiger partial charge on any atom is 0.258 e. The van der Waals surface area contributed by atoms with Crippen LogP contribution in [0.25, 0.3) is 0 Å². The Hall–Kier alpha value is -2.43. The van der Waals surface area contributed by atoms with Gasteiger partial charge in [0.2, 0.25) is 0 Å². The van der Waals surface area contributed by atoms with E-state index >= 15 is 0 Å². The minimum atomic E-state index is -0.595. The fourth-order valence-corrected chi connectivity index (χ4v) is 2.44. The van der Waals surface area contributed by atoms with Gasteiger partial charge in [-0.2, -0.15) is 0 Å². The average molecular weight is 316 g/mol. The molecule has 1 aromatic carbocycles. The molecule has 23 heavy (non-hydrogen) atoms. The first-order chi connectivity index (χ1) is 11.2. The number of ether oxygens (including phenoxy) is 1. The van der Waals surface area contributed by atoms with E-state index in [0.717, 1.165) is 24.8 Å². The van der Waals surface area contributed by atoms with Gasteiger partial charge in [0, 0.05) is 12.4 Å². The van der Waals surface area contributed by atoms with Crippen LogP contribution in [0, 0.1) is 5.82 Å². The molecule has 0 saturated carbocycles. The van der Waals surface area contributed by atoms with E-state index in [1.807, 2.05) is 12.1 Å². The average Bonchev–Trinajstić information content (AvgIpc) is 2.58. The van der Waals surface area contributed by atoms with Crippen molar-refractivity contribution >= 4 is 5.91 Å². The van der Waals surface area contributed by atoms with E-state index in [-0.39, 0.29) is 17.4 Å². The van der Waals surface area contributed by atoms with Crippen molar-refractivity contribution in [2.75, 3.05) is 7.11 Å². The van der Waals surface area contributed by atoms with Crippen molar-refractivity contribution in [3.8, 4) is 5.75 Å². The Morgan fingerprint density at radius 1 is 1.35 bits per heavy atom. The number of rotatable bonds is 7. The van der Waals surface area contributed by atoms with Crippen molar-refractivity contribution in [2.24, 2.45) is 0 Å². The van der Waals surface area contributed by atoms with Gasteiger partial charge in [-0.3, -0.25) is 9.78 Å². The Morgan fingerprint density at radius 2 is 2.17 bits per heavy atom. The molecule has 0 spiro atoms. The van der Waals surface area contributed by atoms with Gasteiger partial charge in [0.15, 0.2) is 0 Å². The number of benzene rings is 1. The smallest absolute Gasteiger partial charge is 0.258 e. The molecule has 0 bridgehead atoms. The molecule has 2 rings (SSSR count). The number of aromatic nitrogens is 1. The number of pyridine rings is 1. The molecule has 5 heteroatoms. The van der Waals surface area contributed by atoms with Crippen LogP contribution in [0.3, 0.4) is 0 Å². The summed E-state index contributed by atoms with van der Waals surface area (Å²) >= 11 is 0. The maximum atomic E-state index is 14.0. The molecule has 1 aromatic heterocycles. The standard InChI is InChI=1S/C18H21FN2O2/c1-3-4-9-15(13-7-6-11-20-12-13)21-18(22)17-14(19)8-5-10-16(17)23-2/h5-8,10-12,15H,3-4,9H2,1-2H3,(H,21,22)/t15-/m0/s1. The molecule has 4 nitrogen and oxygen atoms in total. The largest absolute Gasteiger partial charge is 0.496 e. The zero-order valence-corrected chi connectivity index (χ0v) is 13.4. The Kier molecular flexibility index (Phi) is 6.09. The fourth-order valence-electron chi connectivity index (χ4n) is 2.44. The van der Waals surface area contributed by atoms with Crippen molar-refractivity contribution in [1.29, 1.82) is 0 Å². The minimum absolute atomic E-state index is 0.0691. The third-order valence-electron chi connectivity index (χ3n) is 3.66. The quantitative estimate of drug-likeness (QED) is 0.843. The van der Waals surface area contributed by atoms with E-state index in [1.54, 1.807) is 18.5 Å². The van der Waals surface area contributed by atoms with Crippen LogP contribution >= 0.6 is 0 Å². The summed E-state index contributed by atoms with van der Waals surface area (Å²) in [5.41, 5.74) is 0.838. The van der Waals surface area contributed by atoms with Crippen LogP contribution in [-0.2, 0) is 0 Å². The van der Waals surface area contributed by atoms with Crippen LogP contribution in [0.1, 0.15) is 48.1 Å². The second-order valence-corrected chi connectivity index (χ2v) is 5.27. The number of carbonyl (C=O) groups is 1. The monoisotopic (exact) mass is 316 g/mol. The van der Waals surface area contributed by atoms with Crippen LogP contribution in [-0.4, -0.2) is 18.0 Å². The van der Waals surface area contributed by atoms with Crippen LogP contribution in [0.2, 0.25) is 0 Å². The van der Waals surface area contributed by atoms with Gasteiger partial charge in [0.05, 0.1) is 13.2 Å². The van der Waals surface area contributed by atoms with Crippen LogP contribution in [0.4, 0.5) is 4.39 Å². The van der Waals surface area contributed by atoms with E-state index in [2.05, 4.69) is 17.2 Å². The summed E-state index contributed by atoms with van der Waals surface area (Å²) in [5, 5.41) is 2.90. The van der Waals surface area contributed by atoms with E-state index in [0.29, 0.717) is 0 Å². The SMILES string of the molecule is CCCC[C@H](NC(=O)c1c(F)cccc1OC)c1cccnc1. The number of halogens is 1. The van der Waals surface area contributed by atoms with Gasteiger partial charge in [0.1, 0.15) is 17.1 Å². The predicted octanol–water partition coefficient (Wildman–Crippen LogP) is 3.89. The first-order valence-electron chi connectivity index (χ1n) is 7.70. The Bertz CT molecular complexity index is 647. The van der Waals surface area contributed by atoms with Gasteiger partial charge in [0.25, 0.3) is 5.91 Å². The van der Waals surface area contributed by atoms with E-state index in [1.165, 1.54) is 19.2 Å². The summed E-state index contributed by atoms with van der Waals surface area (Å²) in [4.78, 5) is 16.6. The number of hydrogen-bond donors (Lipinski definition) is 1. The molecular weight excluding hydrogens is 295 g/mol. The topological polar surface area (TPSA) is 51.2 Å². The Labute approximate surface area is 135 Å². The second-order valence-electron chi connectivity index (χ2n) is 5.27. The summed E-state index contributed by atoms with van der Waals surface area (Å²) < 4.78 is 19.1. The van der Waals surface area contributed by atoms with Gasteiger partial charge in [-0.25, -0.2) is 4.39 Å². The number of amides is 1. The molecule has 0 aliphatic carbocycles. The molecule has 2 aromatic rings. The third-order valence-corrected chi connectivity index (χ3v) is 3.66. The number of nitrogens with one attached hydrogen (secondary N) is 1. The lowest BCUT2D eigenvalue weighted by molar-refractivity contribution is 0.0926. The van der Waals surface area contributed by atoms with E-state index in [4.69, 9.17) is 4.74 Å². The molecule has 0 radical (unpaired) electrons. The van der Waals surface area contributed by atoms with Gasteiger partial charge in [-0.05, 0) is 30.2 Å². The Morgan fingerprint density at radius 3 is 2.83 bits per heavy atom. The van der Waals surface area contributed by atoms with Crippen molar-refractivity contribution in [3.05, 3.63) is 59.7 Å². The van der Waals surface area contributed by atoms with Crippen LogP contribution < -0.4 is 10.1 Å². The molecule has 1 heterocycles. The predicted molar refractivity (Wildman–Crippen MR) is 86.9 cm³/mol. The highest BCUT2D eigenvalue weighted by Crippen LogP contribution is 2.24. The summed E-state index contributed by atoms with van der Waals surface area (Å²) in [6, 6.07) is 7.86. The molecule has 0 aliphatic heterocycles. The lowest BCUT2D eigenvalue weighted by atomic mass is 10.0. The van der Waals surface area contributed by atoms with Gasteiger partial charge in [-0.15, -0.1) is 0 Å². The van der Waals surface area contributed by atoms with Gasteiger partial charge < -0.3 is 10.1 Å². The third kappa shape index (κ3) is 4.28. The second kappa shape index (κ2) is 8.27. The number of methoxy groups -OCH3 is 1. The molecule has 0 saturated heterocycles. The number of hydrogen-bond acceptors (Lipinski definition) is 3. The van der Waals surface area contributed by atoms with Crippen LogP contribution in [0.15, 0.2) is 42.7 Å². The van der Waals surface area contributed by atoms with Crippen molar-refractivity contribution in [1.82, 2.24) is 10.3 Å². The van der Waals surface area contributed by atoms with Crippen molar-refractivity contribution < 1.29 is 13.9 Å². The Balaban J connectivity index is 2.24. The van der Waals surface area contributed by atoms with E-state index < -0.39 is 11.7 Å². The highest BCUT2D eigenvalue weighted by molar-refractivity contribution is 5.97. The molecule has 122 valence electrons. The van der Waals surface area contributed by atoms with Crippen LogP contribution in [0.5, 0.6) is 5.75 Å². The maximum absolute atomic E-state index is 14.0. The van der Waals surface area contributed by atoms with E-state index in [9.17, 15) is 9.18 Å². The number of unbranched alkanes of at least 4 members (excludes halogenated alkanes) is 1. The first kappa shape index (κ1) is 16.9. The fraction of sp³-hybridized carbons (Fsp3) is 0.333. The number of carbonyl (C=O) groups excluding carboxylic acids is 1. The van der Waals surface area contributed by atoms with Crippen molar-refractivity contribution in [3.63, 3.8) is 0 Å². The van der Waals surface area contributed by atoms with Crippen molar-refractivity contribution in [2.45, 2.75) is 32.2 Å². The highest BCUT2D eigenvalue weighted by atomic mass is 19.1. The zero-order chi connectivity index (χ0) is 16.7.